The van der Waals surface area contributed by atoms with Gasteiger partial charge in [-0.3, -0.25) is 0 Å². The number of rotatable bonds is 5. The van der Waals surface area contributed by atoms with Crippen molar-refractivity contribution in [1.82, 2.24) is 0 Å². The maximum absolute atomic E-state index is 11.7. The third kappa shape index (κ3) is 2.54. The highest BCUT2D eigenvalue weighted by atomic mass is 79.9. The molecule has 6 heteroatoms. The van der Waals surface area contributed by atoms with E-state index in [1.165, 1.54) is 7.11 Å². The zero-order valence-electron chi connectivity index (χ0n) is 9.06. The molecular weight excluding hydrogens is 408 g/mol. The Labute approximate surface area is 120 Å². The van der Waals surface area contributed by atoms with Gasteiger partial charge in [-0.1, -0.05) is 45.2 Å². The monoisotopic (exact) mass is 418 g/mol. The van der Waals surface area contributed by atoms with Crippen molar-refractivity contribution < 1.29 is 14.3 Å². The Morgan fingerprint density at radius 2 is 2.12 bits per heavy atom. The third-order valence-electron chi connectivity index (χ3n) is 2.43. The number of unbranched alkanes of at least 4 members (excludes halogenated alkanes) is 1. The van der Waals surface area contributed by atoms with Gasteiger partial charge in [0.15, 0.2) is 0 Å². The van der Waals surface area contributed by atoms with Crippen molar-refractivity contribution in [2.24, 2.45) is 0 Å². The van der Waals surface area contributed by atoms with Crippen molar-refractivity contribution in [2.75, 3.05) is 7.11 Å². The largest absolute Gasteiger partial charge is 0.422 e. The highest BCUT2D eigenvalue weighted by molar-refractivity contribution is 9.24. The highest BCUT2D eigenvalue weighted by Gasteiger charge is 2.51. The van der Waals surface area contributed by atoms with Gasteiger partial charge >= 0.3 is 5.97 Å². The van der Waals surface area contributed by atoms with Crippen LogP contribution in [0.3, 0.4) is 0 Å². The molecule has 0 unspecified atom stereocenters. The van der Waals surface area contributed by atoms with Crippen molar-refractivity contribution in [3.8, 4) is 0 Å². The second kappa shape index (κ2) is 5.98. The van der Waals surface area contributed by atoms with Crippen LogP contribution in [-0.4, -0.2) is 22.6 Å². The molecule has 0 aromatic carbocycles. The quantitative estimate of drug-likeness (QED) is 0.500. The zero-order chi connectivity index (χ0) is 12.3. The number of esters is 1. The van der Waals surface area contributed by atoms with Crippen molar-refractivity contribution in [3.05, 3.63) is 10.1 Å². The third-order valence-corrected chi connectivity index (χ3v) is 4.67. The van der Waals surface area contributed by atoms with Crippen molar-refractivity contribution >= 4 is 53.8 Å². The summed E-state index contributed by atoms with van der Waals surface area (Å²) in [5.41, 5.74) is 0.660. The highest BCUT2D eigenvalue weighted by Crippen LogP contribution is 2.45. The molecule has 0 saturated carbocycles. The Hall–Kier alpha value is 0.610. The van der Waals surface area contributed by atoms with Crippen molar-refractivity contribution in [1.29, 1.82) is 0 Å². The summed E-state index contributed by atoms with van der Waals surface area (Å²) in [6.07, 6.45) is 2.69. The predicted octanol–water partition coefficient (Wildman–Crippen LogP) is 3.84. The molecule has 3 nitrogen and oxygen atoms in total. The standard InChI is InChI=1S/C10H13Br3O3/c1-3-4-5-6-7(11)10(15-2,9(12)13)16-8(6)14/h9H,3-5H2,1-2H3/t10-/m1/s1. The topological polar surface area (TPSA) is 35.5 Å². The first-order chi connectivity index (χ1) is 7.49. The summed E-state index contributed by atoms with van der Waals surface area (Å²) in [4.78, 5) is 11.7. The second-order valence-corrected chi connectivity index (χ2v) is 7.31. The predicted molar refractivity (Wildman–Crippen MR) is 73.0 cm³/mol. The van der Waals surface area contributed by atoms with E-state index in [1.54, 1.807) is 0 Å². The molecule has 0 saturated heterocycles. The Bertz CT molecular complexity index is 314. The van der Waals surface area contributed by atoms with E-state index in [0.717, 1.165) is 12.8 Å². The van der Waals surface area contributed by atoms with E-state index in [-0.39, 0.29) is 9.71 Å². The van der Waals surface area contributed by atoms with Crippen LogP contribution in [0.15, 0.2) is 10.1 Å². The molecule has 1 aliphatic heterocycles. The lowest BCUT2D eigenvalue weighted by atomic mass is 10.1. The van der Waals surface area contributed by atoms with E-state index >= 15 is 0 Å². The fourth-order valence-corrected chi connectivity index (χ4v) is 3.93. The van der Waals surface area contributed by atoms with E-state index in [1.807, 2.05) is 0 Å². The van der Waals surface area contributed by atoms with Gasteiger partial charge in [0.05, 0.1) is 10.1 Å². The van der Waals surface area contributed by atoms with E-state index in [0.29, 0.717) is 16.5 Å². The van der Waals surface area contributed by atoms with Gasteiger partial charge in [0.2, 0.25) is 0 Å². The van der Waals surface area contributed by atoms with Crippen LogP contribution < -0.4 is 0 Å². The number of carbonyl (C=O) groups excluding carboxylic acids is 1. The number of hydrogen-bond donors (Lipinski definition) is 0. The van der Waals surface area contributed by atoms with Crippen molar-refractivity contribution in [2.45, 2.75) is 35.7 Å². The Morgan fingerprint density at radius 1 is 1.50 bits per heavy atom. The van der Waals surface area contributed by atoms with E-state index in [4.69, 9.17) is 9.47 Å². The van der Waals surface area contributed by atoms with Gasteiger partial charge in [-0.25, -0.2) is 4.79 Å². The molecule has 0 amide bonds. The van der Waals surface area contributed by atoms with Crippen molar-refractivity contribution in [3.63, 3.8) is 0 Å². The molecule has 1 aliphatic rings. The summed E-state index contributed by atoms with van der Waals surface area (Å²) in [5, 5.41) is 0. The second-order valence-electron chi connectivity index (χ2n) is 3.46. The molecule has 1 heterocycles. The summed E-state index contributed by atoms with van der Waals surface area (Å²) in [5.74, 6) is -1.40. The maximum Gasteiger partial charge on any atom is 0.337 e. The van der Waals surface area contributed by atoms with E-state index < -0.39 is 5.79 Å². The van der Waals surface area contributed by atoms with E-state index in [9.17, 15) is 4.79 Å². The number of methoxy groups -OCH3 is 1. The Kier molecular flexibility index (Phi) is 5.48. The molecule has 0 fully saturated rings. The first-order valence-corrected chi connectivity index (χ1v) is 7.57. The van der Waals surface area contributed by atoms with E-state index in [2.05, 4.69) is 54.7 Å². The number of carbonyl (C=O) groups is 1. The molecule has 92 valence electrons. The molecule has 16 heavy (non-hydrogen) atoms. The average molecular weight is 421 g/mol. The van der Waals surface area contributed by atoms with Crippen LogP contribution in [-0.2, 0) is 14.3 Å². The van der Waals surface area contributed by atoms with Crippen LogP contribution in [0.5, 0.6) is 0 Å². The number of ether oxygens (including phenoxy) is 2. The summed E-state index contributed by atoms with van der Waals surface area (Å²) >= 11 is 10.1. The first-order valence-electron chi connectivity index (χ1n) is 4.95. The molecule has 0 aliphatic carbocycles. The average Bonchev–Trinajstić information content (AvgIpc) is 2.49. The number of halogens is 3. The molecule has 0 N–H and O–H groups in total. The minimum absolute atomic E-state index is 0.296. The Morgan fingerprint density at radius 3 is 2.50 bits per heavy atom. The Balaban J connectivity index is 3.01. The minimum Gasteiger partial charge on any atom is -0.422 e. The van der Waals surface area contributed by atoms with Gasteiger partial charge in [-0.15, -0.1) is 0 Å². The lowest BCUT2D eigenvalue weighted by Crippen LogP contribution is -2.39. The fraction of sp³-hybridized carbons (Fsp3) is 0.700. The van der Waals surface area contributed by atoms with Crippen LogP contribution in [0.1, 0.15) is 26.2 Å². The minimum atomic E-state index is -1.08. The normalized spacial score (nSPS) is 25.5. The van der Waals surface area contributed by atoms with Crippen LogP contribution in [0.4, 0.5) is 0 Å². The smallest absolute Gasteiger partial charge is 0.337 e. The van der Waals surface area contributed by atoms with Gasteiger partial charge in [0, 0.05) is 7.11 Å². The molecule has 0 aromatic rings. The molecule has 1 atom stereocenters. The lowest BCUT2D eigenvalue weighted by Gasteiger charge is -2.28. The molecule has 0 bridgehead atoms. The van der Waals surface area contributed by atoms with Gasteiger partial charge in [0.25, 0.3) is 5.79 Å². The molecule has 1 rings (SSSR count). The van der Waals surface area contributed by atoms with Crippen LogP contribution in [0.2, 0.25) is 0 Å². The van der Waals surface area contributed by atoms with Crippen LogP contribution in [0.25, 0.3) is 0 Å². The summed E-state index contributed by atoms with van der Waals surface area (Å²) in [7, 11) is 1.51. The van der Waals surface area contributed by atoms with Gasteiger partial charge in [0.1, 0.15) is 3.74 Å². The molecule has 0 spiro atoms. The SMILES string of the molecule is CCCCC1=C(Br)[C@](OC)(C(Br)Br)OC1=O. The molecule has 0 radical (unpaired) electrons. The van der Waals surface area contributed by atoms with Gasteiger partial charge in [-0.2, -0.15) is 0 Å². The van der Waals surface area contributed by atoms with Crippen LogP contribution >= 0.6 is 47.8 Å². The van der Waals surface area contributed by atoms with Gasteiger partial charge < -0.3 is 9.47 Å². The zero-order valence-corrected chi connectivity index (χ0v) is 13.8. The molecular formula is C10H13Br3O3. The van der Waals surface area contributed by atoms with Crippen LogP contribution in [0, 0.1) is 0 Å². The lowest BCUT2D eigenvalue weighted by molar-refractivity contribution is -0.182. The summed E-state index contributed by atoms with van der Waals surface area (Å²) < 4.78 is 11.0. The summed E-state index contributed by atoms with van der Waals surface area (Å²) in [6.45, 7) is 2.08. The maximum atomic E-state index is 11.7. The summed E-state index contributed by atoms with van der Waals surface area (Å²) in [6, 6.07) is 0. The number of alkyl halides is 2. The first kappa shape index (κ1) is 14.7. The fourth-order valence-electron chi connectivity index (χ4n) is 1.47. The number of hydrogen-bond acceptors (Lipinski definition) is 3. The van der Waals surface area contributed by atoms with Gasteiger partial charge in [-0.05, 0) is 28.8 Å². The number of cyclic esters (lactones) is 1. The molecule has 0 aromatic heterocycles.